The lowest BCUT2D eigenvalue weighted by Crippen LogP contribution is -1.93. The van der Waals surface area contributed by atoms with Crippen LogP contribution < -0.4 is 0 Å². The third kappa shape index (κ3) is 7.76. The summed E-state index contributed by atoms with van der Waals surface area (Å²) in [5, 5.41) is 16.6. The number of carboxylic acid groups (broad SMARTS) is 1. The maximum absolute atomic E-state index is 10.2. The minimum Gasteiger partial charge on any atom is -0.478 e. The molecular weight excluding hydrogens is 204 g/mol. The Bertz CT molecular complexity index is 304. The van der Waals surface area contributed by atoms with Gasteiger partial charge in [0.15, 0.2) is 0 Å². The molecule has 88 valence electrons. The minimum absolute atomic E-state index is 0.181. The molecule has 1 aromatic rings. The molecule has 0 aliphatic carbocycles. The van der Waals surface area contributed by atoms with Gasteiger partial charge in [0.25, 0.3) is 0 Å². The van der Waals surface area contributed by atoms with E-state index in [2.05, 4.69) is 6.92 Å². The van der Waals surface area contributed by atoms with Gasteiger partial charge in [-0.25, -0.2) is 4.79 Å². The number of carboxylic acids is 1. The molecule has 3 heteroatoms. The van der Waals surface area contributed by atoms with Crippen molar-refractivity contribution in [3.05, 3.63) is 48.0 Å². The number of aliphatic hydroxyl groups excluding tert-OH is 1. The Kier molecular flexibility index (Phi) is 8.93. The zero-order chi connectivity index (χ0) is 12.2. The topological polar surface area (TPSA) is 57.5 Å². The maximum Gasteiger partial charge on any atom is 0.335 e. The summed E-state index contributed by atoms with van der Waals surface area (Å²) >= 11 is 0. The molecule has 0 spiro atoms. The van der Waals surface area contributed by atoms with Crippen molar-refractivity contribution >= 4 is 5.97 Å². The summed E-state index contributed by atoms with van der Waals surface area (Å²) in [5.41, 5.74) is 0.331. The molecule has 0 bridgehead atoms. The highest BCUT2D eigenvalue weighted by Gasteiger charge is 1.96. The lowest BCUT2D eigenvalue weighted by Gasteiger charge is -1.88. The highest BCUT2D eigenvalue weighted by Crippen LogP contribution is 1.96. The van der Waals surface area contributed by atoms with Gasteiger partial charge in [-0.1, -0.05) is 43.7 Å². The Balaban J connectivity index is 0.000000293. The molecule has 0 aromatic heterocycles. The molecule has 0 heterocycles. The van der Waals surface area contributed by atoms with Crippen LogP contribution in [-0.2, 0) is 0 Å². The lowest BCUT2D eigenvalue weighted by molar-refractivity contribution is 0.0697. The smallest absolute Gasteiger partial charge is 0.335 e. The van der Waals surface area contributed by atoms with Crippen molar-refractivity contribution in [1.29, 1.82) is 0 Å². The standard InChI is InChI=1S/C7H6O2.C6H12O/c8-7(9)6-4-2-1-3-5-6;1-2-3-4-5-6-7/h1-5H,(H,8,9);4-5,7H,2-3,6H2,1H3/b;5-4+. The highest BCUT2D eigenvalue weighted by atomic mass is 16.4. The van der Waals surface area contributed by atoms with E-state index in [1.165, 1.54) is 0 Å². The van der Waals surface area contributed by atoms with E-state index >= 15 is 0 Å². The Labute approximate surface area is 96.1 Å². The van der Waals surface area contributed by atoms with Crippen LogP contribution >= 0.6 is 0 Å². The predicted molar refractivity (Wildman–Crippen MR) is 64.5 cm³/mol. The number of aliphatic hydroxyl groups is 1. The van der Waals surface area contributed by atoms with Crippen LogP contribution in [0.2, 0.25) is 0 Å². The quantitative estimate of drug-likeness (QED) is 0.770. The number of hydrogen-bond donors (Lipinski definition) is 2. The molecule has 0 saturated carbocycles. The SMILES string of the molecule is CCC/C=C/CO.O=C(O)c1ccccc1. The molecule has 0 saturated heterocycles. The first-order chi connectivity index (χ1) is 7.72. The van der Waals surface area contributed by atoms with E-state index in [0.717, 1.165) is 12.8 Å². The molecule has 0 aliphatic rings. The van der Waals surface area contributed by atoms with Crippen molar-refractivity contribution in [1.82, 2.24) is 0 Å². The van der Waals surface area contributed by atoms with Crippen LogP contribution in [-0.4, -0.2) is 22.8 Å². The molecule has 16 heavy (non-hydrogen) atoms. The Hall–Kier alpha value is -1.61. The molecule has 1 aromatic carbocycles. The van der Waals surface area contributed by atoms with Gasteiger partial charge < -0.3 is 10.2 Å². The Morgan fingerprint density at radius 3 is 2.25 bits per heavy atom. The third-order valence-electron chi connectivity index (χ3n) is 1.75. The fourth-order valence-corrected chi connectivity index (χ4v) is 0.940. The second-order valence-corrected chi connectivity index (χ2v) is 3.11. The zero-order valence-electron chi connectivity index (χ0n) is 9.47. The van der Waals surface area contributed by atoms with Gasteiger partial charge in [0.05, 0.1) is 12.2 Å². The fourth-order valence-electron chi connectivity index (χ4n) is 0.940. The highest BCUT2D eigenvalue weighted by molar-refractivity contribution is 5.87. The molecule has 2 N–H and O–H groups in total. The van der Waals surface area contributed by atoms with E-state index in [0.29, 0.717) is 5.56 Å². The second kappa shape index (κ2) is 9.93. The summed E-state index contributed by atoms with van der Waals surface area (Å²) in [6.07, 6.45) is 6.00. The van der Waals surface area contributed by atoms with Gasteiger partial charge in [-0.05, 0) is 18.6 Å². The van der Waals surface area contributed by atoms with E-state index in [1.54, 1.807) is 36.4 Å². The van der Waals surface area contributed by atoms with E-state index in [4.69, 9.17) is 10.2 Å². The normalized spacial score (nSPS) is 9.62. The van der Waals surface area contributed by atoms with Crippen LogP contribution in [0.5, 0.6) is 0 Å². The van der Waals surface area contributed by atoms with E-state index in [1.807, 2.05) is 6.08 Å². The van der Waals surface area contributed by atoms with Crippen molar-refractivity contribution < 1.29 is 15.0 Å². The maximum atomic E-state index is 10.2. The zero-order valence-corrected chi connectivity index (χ0v) is 9.47. The van der Waals surface area contributed by atoms with Crippen molar-refractivity contribution in [2.75, 3.05) is 6.61 Å². The molecule has 3 nitrogen and oxygen atoms in total. The summed E-state index contributed by atoms with van der Waals surface area (Å²) in [5.74, 6) is -0.879. The average molecular weight is 222 g/mol. The number of rotatable bonds is 4. The molecule has 0 fully saturated rings. The van der Waals surface area contributed by atoms with Crippen LogP contribution in [0.15, 0.2) is 42.5 Å². The van der Waals surface area contributed by atoms with Crippen molar-refractivity contribution in [3.63, 3.8) is 0 Å². The first-order valence-corrected chi connectivity index (χ1v) is 5.26. The van der Waals surface area contributed by atoms with E-state index < -0.39 is 5.97 Å². The lowest BCUT2D eigenvalue weighted by atomic mass is 10.2. The van der Waals surface area contributed by atoms with Gasteiger partial charge >= 0.3 is 5.97 Å². The van der Waals surface area contributed by atoms with Crippen LogP contribution in [0.1, 0.15) is 30.1 Å². The number of aromatic carboxylic acids is 1. The van der Waals surface area contributed by atoms with Gasteiger partial charge in [0.1, 0.15) is 0 Å². The molecule has 0 amide bonds. The number of hydrogen-bond acceptors (Lipinski definition) is 2. The largest absolute Gasteiger partial charge is 0.478 e. The van der Waals surface area contributed by atoms with Crippen LogP contribution in [0, 0.1) is 0 Å². The monoisotopic (exact) mass is 222 g/mol. The molecule has 1 rings (SSSR count). The first kappa shape index (κ1) is 14.4. The average Bonchev–Trinajstić information content (AvgIpc) is 2.32. The summed E-state index contributed by atoms with van der Waals surface area (Å²) in [6, 6.07) is 8.30. The van der Waals surface area contributed by atoms with Crippen LogP contribution in [0.4, 0.5) is 0 Å². The summed E-state index contributed by atoms with van der Waals surface area (Å²) in [7, 11) is 0. The van der Waals surface area contributed by atoms with Gasteiger partial charge in [-0.15, -0.1) is 0 Å². The fraction of sp³-hybridized carbons (Fsp3) is 0.308. The summed E-state index contributed by atoms with van der Waals surface area (Å²) in [6.45, 7) is 2.29. The van der Waals surface area contributed by atoms with Gasteiger partial charge in [-0.2, -0.15) is 0 Å². The number of allylic oxidation sites excluding steroid dienone is 1. The van der Waals surface area contributed by atoms with E-state index in [9.17, 15) is 4.79 Å². The van der Waals surface area contributed by atoms with Crippen molar-refractivity contribution in [3.8, 4) is 0 Å². The number of benzene rings is 1. The van der Waals surface area contributed by atoms with Crippen molar-refractivity contribution in [2.24, 2.45) is 0 Å². The number of carbonyl (C=O) groups is 1. The van der Waals surface area contributed by atoms with Gasteiger partial charge in [0, 0.05) is 0 Å². The van der Waals surface area contributed by atoms with Gasteiger partial charge in [-0.3, -0.25) is 0 Å². The third-order valence-corrected chi connectivity index (χ3v) is 1.75. The van der Waals surface area contributed by atoms with Crippen LogP contribution in [0.3, 0.4) is 0 Å². The van der Waals surface area contributed by atoms with E-state index in [-0.39, 0.29) is 6.61 Å². The second-order valence-electron chi connectivity index (χ2n) is 3.11. The molecule has 0 atom stereocenters. The Morgan fingerprint density at radius 2 is 1.88 bits per heavy atom. The molecule has 0 radical (unpaired) electrons. The molecule has 0 unspecified atom stereocenters. The number of unbranched alkanes of at least 4 members (excludes halogenated alkanes) is 1. The molecular formula is C13H18O3. The van der Waals surface area contributed by atoms with Gasteiger partial charge in [0.2, 0.25) is 0 Å². The Morgan fingerprint density at radius 1 is 1.25 bits per heavy atom. The predicted octanol–water partition coefficient (Wildman–Crippen LogP) is 2.72. The summed E-state index contributed by atoms with van der Waals surface area (Å²) in [4.78, 5) is 10.2. The molecule has 0 aliphatic heterocycles. The minimum atomic E-state index is -0.879. The van der Waals surface area contributed by atoms with Crippen LogP contribution in [0.25, 0.3) is 0 Å². The summed E-state index contributed by atoms with van der Waals surface area (Å²) < 4.78 is 0. The van der Waals surface area contributed by atoms with Crippen molar-refractivity contribution in [2.45, 2.75) is 19.8 Å². The first-order valence-electron chi connectivity index (χ1n) is 5.26.